The Hall–Kier alpha value is -1.77. The molecule has 0 aliphatic heterocycles. The topological polar surface area (TPSA) is 50.9 Å². The van der Waals surface area contributed by atoms with Gasteiger partial charge >= 0.3 is 0 Å². The van der Waals surface area contributed by atoms with Crippen LogP contribution in [0.4, 0.5) is 11.4 Å². The second-order valence-electron chi connectivity index (χ2n) is 5.00. The summed E-state index contributed by atoms with van der Waals surface area (Å²) in [5.41, 5.74) is 8.64. The summed E-state index contributed by atoms with van der Waals surface area (Å²) < 4.78 is 0. The van der Waals surface area contributed by atoms with E-state index in [9.17, 15) is 0 Å². The summed E-state index contributed by atoms with van der Waals surface area (Å²) in [6, 6.07) is 7.84. The van der Waals surface area contributed by atoms with Gasteiger partial charge in [0.2, 0.25) is 0 Å². The predicted molar refractivity (Wildman–Crippen MR) is 74.1 cm³/mol. The van der Waals surface area contributed by atoms with Gasteiger partial charge in [0, 0.05) is 28.5 Å². The Morgan fingerprint density at radius 2 is 2.06 bits per heavy atom. The number of hydrogen-bond acceptors (Lipinski definition) is 3. The molecule has 3 heteroatoms. The van der Waals surface area contributed by atoms with Gasteiger partial charge in [0.1, 0.15) is 0 Å². The number of nitrogen functional groups attached to an aromatic ring is 1. The normalized spacial score (nSPS) is 11.7. The number of pyridine rings is 1. The Labute approximate surface area is 102 Å². The highest BCUT2D eigenvalue weighted by molar-refractivity contribution is 5.92. The van der Waals surface area contributed by atoms with E-state index in [0.29, 0.717) is 0 Å². The van der Waals surface area contributed by atoms with Crippen LogP contribution in [0.2, 0.25) is 0 Å². The minimum atomic E-state index is 0.0790. The van der Waals surface area contributed by atoms with E-state index < -0.39 is 0 Å². The summed E-state index contributed by atoms with van der Waals surface area (Å²) in [7, 11) is 0. The number of hydrogen-bond donors (Lipinski definition) is 2. The molecule has 0 aliphatic carbocycles. The Bertz CT molecular complexity index is 532. The van der Waals surface area contributed by atoms with Crippen molar-refractivity contribution in [3.8, 4) is 0 Å². The molecule has 90 valence electrons. The SMILES string of the molecule is CCC(C)(C)Nc1ccnc2cc(N)ccc12. The van der Waals surface area contributed by atoms with E-state index in [1.165, 1.54) is 0 Å². The third-order valence-corrected chi connectivity index (χ3v) is 3.12. The zero-order chi connectivity index (χ0) is 12.5. The average Bonchev–Trinajstić information content (AvgIpc) is 2.28. The molecule has 0 amide bonds. The van der Waals surface area contributed by atoms with Crippen LogP contribution in [0.15, 0.2) is 30.5 Å². The van der Waals surface area contributed by atoms with Gasteiger partial charge in [-0.1, -0.05) is 6.92 Å². The first-order valence-corrected chi connectivity index (χ1v) is 5.94. The Kier molecular flexibility index (Phi) is 2.92. The van der Waals surface area contributed by atoms with Crippen molar-refractivity contribution >= 4 is 22.3 Å². The first kappa shape index (κ1) is 11.7. The molecule has 1 heterocycles. The molecule has 0 saturated heterocycles. The van der Waals surface area contributed by atoms with Gasteiger partial charge in [0.25, 0.3) is 0 Å². The minimum Gasteiger partial charge on any atom is -0.399 e. The molecule has 1 aromatic carbocycles. The van der Waals surface area contributed by atoms with Crippen LogP contribution in [0, 0.1) is 0 Å². The number of nitrogens with one attached hydrogen (secondary N) is 1. The third kappa shape index (κ3) is 2.49. The monoisotopic (exact) mass is 229 g/mol. The number of nitrogens with zero attached hydrogens (tertiary/aromatic N) is 1. The summed E-state index contributed by atoms with van der Waals surface area (Å²) in [4.78, 5) is 4.34. The molecule has 0 saturated carbocycles. The highest BCUT2D eigenvalue weighted by Gasteiger charge is 2.15. The summed E-state index contributed by atoms with van der Waals surface area (Å²) >= 11 is 0. The lowest BCUT2D eigenvalue weighted by Crippen LogP contribution is -2.29. The van der Waals surface area contributed by atoms with E-state index in [4.69, 9.17) is 5.73 Å². The lowest BCUT2D eigenvalue weighted by atomic mass is 10.0. The van der Waals surface area contributed by atoms with Crippen LogP contribution in [0.1, 0.15) is 27.2 Å². The lowest BCUT2D eigenvalue weighted by Gasteiger charge is -2.26. The molecule has 0 atom stereocenters. The van der Waals surface area contributed by atoms with Crippen molar-refractivity contribution in [2.45, 2.75) is 32.7 Å². The molecule has 2 rings (SSSR count). The maximum atomic E-state index is 5.77. The van der Waals surface area contributed by atoms with Gasteiger partial charge < -0.3 is 11.1 Å². The quantitative estimate of drug-likeness (QED) is 0.793. The fourth-order valence-electron chi connectivity index (χ4n) is 1.73. The van der Waals surface area contributed by atoms with E-state index in [2.05, 4.69) is 31.1 Å². The molecule has 0 unspecified atom stereocenters. The molecular weight excluding hydrogens is 210 g/mol. The van der Waals surface area contributed by atoms with Gasteiger partial charge in [0.15, 0.2) is 0 Å². The molecule has 3 nitrogen and oxygen atoms in total. The van der Waals surface area contributed by atoms with Crippen molar-refractivity contribution in [1.29, 1.82) is 0 Å². The summed E-state index contributed by atoms with van der Waals surface area (Å²) in [6.45, 7) is 6.56. The van der Waals surface area contributed by atoms with Gasteiger partial charge in [-0.25, -0.2) is 0 Å². The molecule has 0 fully saturated rings. The molecule has 0 radical (unpaired) electrons. The van der Waals surface area contributed by atoms with Gasteiger partial charge in [-0.05, 0) is 44.5 Å². The number of benzene rings is 1. The van der Waals surface area contributed by atoms with E-state index in [1.807, 2.05) is 30.5 Å². The van der Waals surface area contributed by atoms with Gasteiger partial charge in [-0.15, -0.1) is 0 Å². The largest absolute Gasteiger partial charge is 0.399 e. The standard InChI is InChI=1S/C14H19N3/c1-4-14(2,3)17-12-7-8-16-13-9-10(15)5-6-11(12)13/h5-9H,4,15H2,1-3H3,(H,16,17). The van der Waals surface area contributed by atoms with Crippen LogP contribution in [-0.2, 0) is 0 Å². The molecule has 0 bridgehead atoms. The van der Waals surface area contributed by atoms with Crippen LogP contribution in [0.25, 0.3) is 10.9 Å². The molecule has 0 spiro atoms. The Morgan fingerprint density at radius 1 is 1.29 bits per heavy atom. The second-order valence-corrected chi connectivity index (χ2v) is 5.00. The van der Waals surface area contributed by atoms with Crippen LogP contribution < -0.4 is 11.1 Å². The van der Waals surface area contributed by atoms with Crippen LogP contribution in [0.3, 0.4) is 0 Å². The summed E-state index contributed by atoms with van der Waals surface area (Å²) in [6.07, 6.45) is 2.88. The fourth-order valence-corrected chi connectivity index (χ4v) is 1.73. The molecule has 1 aromatic heterocycles. The number of aromatic nitrogens is 1. The smallest absolute Gasteiger partial charge is 0.0743 e. The van der Waals surface area contributed by atoms with Crippen molar-refractivity contribution in [2.24, 2.45) is 0 Å². The van der Waals surface area contributed by atoms with Crippen LogP contribution >= 0.6 is 0 Å². The second kappa shape index (κ2) is 4.24. The number of fused-ring (bicyclic) bond motifs is 1. The molecular formula is C14H19N3. The van der Waals surface area contributed by atoms with E-state index in [-0.39, 0.29) is 5.54 Å². The number of nitrogens with two attached hydrogens (primary N) is 1. The zero-order valence-electron chi connectivity index (χ0n) is 10.6. The summed E-state index contributed by atoms with van der Waals surface area (Å²) in [5.74, 6) is 0. The lowest BCUT2D eigenvalue weighted by molar-refractivity contribution is 0.548. The van der Waals surface area contributed by atoms with Crippen molar-refractivity contribution in [3.05, 3.63) is 30.5 Å². The first-order chi connectivity index (χ1) is 8.02. The van der Waals surface area contributed by atoms with Crippen molar-refractivity contribution < 1.29 is 0 Å². The van der Waals surface area contributed by atoms with Crippen molar-refractivity contribution in [2.75, 3.05) is 11.1 Å². The molecule has 0 aliphatic rings. The van der Waals surface area contributed by atoms with Gasteiger partial charge in [0.05, 0.1) is 5.52 Å². The third-order valence-electron chi connectivity index (χ3n) is 3.12. The molecule has 17 heavy (non-hydrogen) atoms. The number of anilines is 2. The highest BCUT2D eigenvalue weighted by Crippen LogP contribution is 2.26. The first-order valence-electron chi connectivity index (χ1n) is 5.94. The van der Waals surface area contributed by atoms with E-state index >= 15 is 0 Å². The van der Waals surface area contributed by atoms with E-state index in [0.717, 1.165) is 28.7 Å². The zero-order valence-corrected chi connectivity index (χ0v) is 10.6. The maximum Gasteiger partial charge on any atom is 0.0743 e. The highest BCUT2D eigenvalue weighted by atomic mass is 15.0. The van der Waals surface area contributed by atoms with E-state index in [1.54, 1.807) is 0 Å². The summed E-state index contributed by atoms with van der Waals surface area (Å²) in [5, 5.41) is 4.66. The molecule has 3 N–H and O–H groups in total. The number of rotatable bonds is 3. The Balaban J connectivity index is 2.48. The van der Waals surface area contributed by atoms with Crippen molar-refractivity contribution in [1.82, 2.24) is 4.98 Å². The maximum absolute atomic E-state index is 5.77. The van der Waals surface area contributed by atoms with Crippen molar-refractivity contribution in [3.63, 3.8) is 0 Å². The fraction of sp³-hybridized carbons (Fsp3) is 0.357. The average molecular weight is 229 g/mol. The van der Waals surface area contributed by atoms with Crippen LogP contribution in [0.5, 0.6) is 0 Å². The van der Waals surface area contributed by atoms with Gasteiger partial charge in [-0.2, -0.15) is 0 Å². The minimum absolute atomic E-state index is 0.0790. The van der Waals surface area contributed by atoms with Gasteiger partial charge in [-0.3, -0.25) is 4.98 Å². The Morgan fingerprint density at radius 3 is 2.76 bits per heavy atom. The predicted octanol–water partition coefficient (Wildman–Crippen LogP) is 3.42. The van der Waals surface area contributed by atoms with Crippen LogP contribution in [-0.4, -0.2) is 10.5 Å². The molecule has 2 aromatic rings.